The predicted molar refractivity (Wildman–Crippen MR) is 114 cm³/mol. The second kappa shape index (κ2) is 7.92. The molecule has 1 fully saturated rings. The van der Waals surface area contributed by atoms with Crippen molar-refractivity contribution in [1.29, 1.82) is 5.26 Å². The highest BCUT2D eigenvalue weighted by Crippen LogP contribution is 2.47. The molecule has 1 aliphatic rings. The van der Waals surface area contributed by atoms with E-state index in [2.05, 4.69) is 5.10 Å². The fourth-order valence-corrected chi connectivity index (χ4v) is 5.56. The molecular formula is C21H17F5N4OS2. The van der Waals surface area contributed by atoms with E-state index in [4.69, 9.17) is 0 Å². The number of thiophene rings is 2. The fraction of sp³-hybridized carbons (Fsp3) is 0.381. The van der Waals surface area contributed by atoms with Gasteiger partial charge in [0.2, 0.25) is 0 Å². The molecule has 4 rings (SSSR count). The highest BCUT2D eigenvalue weighted by atomic mass is 32.1. The first-order valence-electron chi connectivity index (χ1n) is 9.75. The molecule has 0 atom stereocenters. The highest BCUT2D eigenvalue weighted by Gasteiger charge is 2.61. The molecule has 33 heavy (non-hydrogen) atoms. The maximum absolute atomic E-state index is 13.9. The van der Waals surface area contributed by atoms with Crippen molar-refractivity contribution in [3.05, 3.63) is 39.2 Å². The van der Waals surface area contributed by atoms with Crippen LogP contribution in [0.25, 0.3) is 21.0 Å². The number of aryl methyl sites for hydroxylation is 1. The number of nitrogens with zero attached hydrogens (tertiary/aromatic N) is 4. The van der Waals surface area contributed by atoms with Gasteiger partial charge < -0.3 is 4.90 Å². The number of hydrogen-bond acceptors (Lipinski definition) is 5. The second-order valence-electron chi connectivity index (χ2n) is 7.83. The van der Waals surface area contributed by atoms with Crippen molar-refractivity contribution in [3.63, 3.8) is 0 Å². The minimum absolute atomic E-state index is 0.137. The summed E-state index contributed by atoms with van der Waals surface area (Å²) in [4.78, 5) is 15.9. The van der Waals surface area contributed by atoms with E-state index in [0.29, 0.717) is 20.9 Å². The Bertz CT molecular complexity index is 1280. The molecule has 3 heterocycles. The van der Waals surface area contributed by atoms with Crippen LogP contribution in [0.4, 0.5) is 22.0 Å². The van der Waals surface area contributed by atoms with Crippen molar-refractivity contribution in [2.45, 2.75) is 37.9 Å². The zero-order chi connectivity index (χ0) is 24.3. The number of carbonyl (C=O) groups is 1. The normalized spacial score (nSPS) is 14.4. The Balaban J connectivity index is 1.70. The van der Waals surface area contributed by atoms with Gasteiger partial charge in [-0.05, 0) is 31.9 Å². The summed E-state index contributed by atoms with van der Waals surface area (Å²) >= 11 is 2.36. The van der Waals surface area contributed by atoms with Crippen LogP contribution in [0.1, 0.15) is 39.3 Å². The van der Waals surface area contributed by atoms with E-state index in [9.17, 15) is 32.0 Å². The van der Waals surface area contributed by atoms with Gasteiger partial charge in [0, 0.05) is 46.4 Å². The molecule has 3 aromatic rings. The van der Waals surface area contributed by atoms with Crippen LogP contribution in [0.15, 0.2) is 17.5 Å². The molecule has 0 N–H and O–H groups in total. The molecule has 3 aromatic heterocycles. The number of nitriles is 1. The quantitative estimate of drug-likeness (QED) is 0.407. The third kappa shape index (κ3) is 3.93. The zero-order valence-electron chi connectivity index (χ0n) is 17.6. The Kier molecular flexibility index (Phi) is 5.61. The number of carbonyl (C=O) groups excluding carboxylic acids is 1. The molecule has 0 aliphatic heterocycles. The standard InChI is InChI=1S/C21H17F5N4OS2/c1-10-17(30(3)28-18(10)20(22,23)21(24,25)26)11-6-14(32-9-11)15-7-13(16(8-27)33-15)19(31)29(2)12-4-5-12/h6-7,9,12H,4-5H2,1-3H3. The van der Waals surface area contributed by atoms with Gasteiger partial charge in [-0.3, -0.25) is 9.48 Å². The van der Waals surface area contributed by atoms with Gasteiger partial charge in [-0.25, -0.2) is 0 Å². The second-order valence-corrected chi connectivity index (χ2v) is 9.79. The van der Waals surface area contributed by atoms with Crippen LogP contribution >= 0.6 is 22.7 Å². The van der Waals surface area contributed by atoms with Crippen molar-refractivity contribution in [2.24, 2.45) is 7.05 Å². The van der Waals surface area contributed by atoms with E-state index in [1.54, 1.807) is 29.5 Å². The number of rotatable bonds is 5. The van der Waals surface area contributed by atoms with Gasteiger partial charge in [-0.2, -0.15) is 32.3 Å². The summed E-state index contributed by atoms with van der Waals surface area (Å²) in [5.41, 5.74) is -0.750. The predicted octanol–water partition coefficient (Wildman–Crippen LogP) is 5.95. The Hall–Kier alpha value is -2.78. The van der Waals surface area contributed by atoms with Crippen LogP contribution in [-0.2, 0) is 13.0 Å². The lowest BCUT2D eigenvalue weighted by molar-refractivity contribution is -0.291. The van der Waals surface area contributed by atoms with Gasteiger partial charge in [-0.15, -0.1) is 22.7 Å². The summed E-state index contributed by atoms with van der Waals surface area (Å²) in [6.07, 6.45) is -3.91. The third-order valence-electron chi connectivity index (χ3n) is 5.53. The lowest BCUT2D eigenvalue weighted by Gasteiger charge is -2.18. The molecule has 12 heteroatoms. The van der Waals surface area contributed by atoms with Crippen molar-refractivity contribution in [3.8, 4) is 27.1 Å². The number of aromatic nitrogens is 2. The number of alkyl halides is 5. The summed E-state index contributed by atoms with van der Waals surface area (Å²) in [5, 5.41) is 14.6. The van der Waals surface area contributed by atoms with Gasteiger partial charge >= 0.3 is 12.1 Å². The van der Waals surface area contributed by atoms with Crippen molar-refractivity contribution < 1.29 is 26.7 Å². The average Bonchev–Trinajstić information content (AvgIpc) is 3.18. The highest BCUT2D eigenvalue weighted by molar-refractivity contribution is 7.22. The average molecular weight is 501 g/mol. The summed E-state index contributed by atoms with van der Waals surface area (Å²) < 4.78 is 67.5. The van der Waals surface area contributed by atoms with Crippen molar-refractivity contribution >= 4 is 28.6 Å². The molecule has 1 amide bonds. The van der Waals surface area contributed by atoms with Gasteiger partial charge in [0.15, 0.2) is 0 Å². The van der Waals surface area contributed by atoms with E-state index in [-0.39, 0.29) is 28.1 Å². The molecule has 1 aliphatic carbocycles. The third-order valence-corrected chi connectivity index (χ3v) is 7.70. The summed E-state index contributed by atoms with van der Waals surface area (Å²) in [6.45, 7) is 1.18. The Morgan fingerprint density at radius 1 is 1.24 bits per heavy atom. The molecule has 0 saturated heterocycles. The topological polar surface area (TPSA) is 61.9 Å². The minimum atomic E-state index is -5.76. The van der Waals surface area contributed by atoms with Gasteiger partial charge in [0.05, 0.1) is 11.3 Å². The molecule has 0 aromatic carbocycles. The molecule has 5 nitrogen and oxygen atoms in total. The molecule has 0 bridgehead atoms. The lowest BCUT2D eigenvalue weighted by Crippen LogP contribution is -2.34. The van der Waals surface area contributed by atoms with Crippen LogP contribution in [-0.4, -0.2) is 39.9 Å². The van der Waals surface area contributed by atoms with Gasteiger partial charge in [0.1, 0.15) is 16.6 Å². The van der Waals surface area contributed by atoms with E-state index in [1.165, 1.54) is 25.3 Å². The van der Waals surface area contributed by atoms with Crippen molar-refractivity contribution in [1.82, 2.24) is 14.7 Å². The fourth-order valence-electron chi connectivity index (χ4n) is 3.63. The smallest absolute Gasteiger partial charge is 0.339 e. The minimum Gasteiger partial charge on any atom is -0.339 e. The van der Waals surface area contributed by atoms with Crippen LogP contribution in [0.3, 0.4) is 0 Å². The summed E-state index contributed by atoms with van der Waals surface area (Å²) in [6, 6.07) is 5.48. The number of halogens is 5. The molecule has 0 radical (unpaired) electrons. The molecular weight excluding hydrogens is 483 g/mol. The van der Waals surface area contributed by atoms with Crippen LogP contribution in [0, 0.1) is 18.3 Å². The first-order valence-corrected chi connectivity index (χ1v) is 11.5. The molecule has 0 spiro atoms. The lowest BCUT2D eigenvalue weighted by atomic mass is 10.1. The van der Waals surface area contributed by atoms with E-state index in [0.717, 1.165) is 28.9 Å². The van der Waals surface area contributed by atoms with Gasteiger partial charge in [-0.1, -0.05) is 0 Å². The summed E-state index contributed by atoms with van der Waals surface area (Å²) in [5.74, 6) is -5.32. The van der Waals surface area contributed by atoms with E-state index in [1.807, 2.05) is 6.07 Å². The molecule has 1 saturated carbocycles. The Labute approximate surface area is 193 Å². The first-order chi connectivity index (χ1) is 15.4. The number of hydrogen-bond donors (Lipinski definition) is 0. The van der Waals surface area contributed by atoms with Crippen molar-refractivity contribution in [2.75, 3.05) is 7.05 Å². The Morgan fingerprint density at radius 3 is 2.48 bits per heavy atom. The SMILES string of the molecule is Cc1c(C(F)(F)C(F)(F)F)nn(C)c1-c1csc(-c2cc(C(=O)N(C)C3CC3)c(C#N)s2)c1. The zero-order valence-corrected chi connectivity index (χ0v) is 19.3. The maximum Gasteiger partial charge on any atom is 0.459 e. The maximum atomic E-state index is 13.9. The first kappa shape index (κ1) is 23.4. The van der Waals surface area contributed by atoms with Crippen LogP contribution < -0.4 is 0 Å². The van der Waals surface area contributed by atoms with E-state index >= 15 is 0 Å². The van der Waals surface area contributed by atoms with Crippen LogP contribution in [0.5, 0.6) is 0 Å². The summed E-state index contributed by atoms with van der Waals surface area (Å²) in [7, 11) is 3.00. The Morgan fingerprint density at radius 2 is 1.91 bits per heavy atom. The van der Waals surface area contributed by atoms with Gasteiger partial charge in [0.25, 0.3) is 5.91 Å². The largest absolute Gasteiger partial charge is 0.459 e. The monoisotopic (exact) mass is 500 g/mol. The van der Waals surface area contributed by atoms with Crippen LogP contribution in [0.2, 0.25) is 0 Å². The van der Waals surface area contributed by atoms with E-state index < -0.39 is 17.8 Å². The molecule has 0 unspecified atom stereocenters. The number of amides is 1. The molecule has 174 valence electrons.